The summed E-state index contributed by atoms with van der Waals surface area (Å²) in [5.41, 5.74) is -1.90. The molecule has 0 nitrogen and oxygen atoms in total. The Bertz CT molecular complexity index is 652. The van der Waals surface area contributed by atoms with Gasteiger partial charge in [-0.1, -0.05) is 24.3 Å². The fraction of sp³-hybridized carbons (Fsp3) is 0.200. The Morgan fingerprint density at radius 3 is 1.90 bits per heavy atom. The van der Waals surface area contributed by atoms with Crippen molar-refractivity contribution in [2.45, 2.75) is 19.3 Å². The van der Waals surface area contributed by atoms with E-state index in [4.69, 9.17) is 0 Å². The first-order valence-electron chi connectivity index (χ1n) is 5.95. The molecule has 0 radical (unpaired) electrons. The van der Waals surface area contributed by atoms with Crippen LogP contribution >= 0.6 is 0 Å². The quantitative estimate of drug-likeness (QED) is 0.593. The lowest BCUT2D eigenvalue weighted by Gasteiger charge is -2.16. The molecule has 0 spiro atoms. The fourth-order valence-electron chi connectivity index (χ4n) is 2.05. The Morgan fingerprint density at radius 2 is 1.33 bits per heavy atom. The first-order valence-corrected chi connectivity index (χ1v) is 5.95. The maximum absolute atomic E-state index is 13.0. The van der Waals surface area contributed by atoms with Gasteiger partial charge in [-0.25, -0.2) is 0 Å². The third-order valence-corrected chi connectivity index (χ3v) is 3.09. The van der Waals surface area contributed by atoms with E-state index in [9.17, 15) is 26.3 Å². The molecule has 0 bridgehead atoms. The molecule has 0 saturated carbocycles. The Labute approximate surface area is 117 Å². The molecule has 6 heteroatoms. The topological polar surface area (TPSA) is 0 Å². The summed E-state index contributed by atoms with van der Waals surface area (Å²) in [6.07, 6.45) is -9.23. The highest BCUT2D eigenvalue weighted by Crippen LogP contribution is 2.40. The van der Waals surface area contributed by atoms with E-state index in [0.29, 0.717) is 5.56 Å². The maximum atomic E-state index is 13.0. The van der Waals surface area contributed by atoms with Crippen molar-refractivity contribution in [3.63, 3.8) is 0 Å². The van der Waals surface area contributed by atoms with E-state index in [0.717, 1.165) is 18.2 Å². The summed E-state index contributed by atoms with van der Waals surface area (Å²) in [5.74, 6) is 0. The monoisotopic (exact) mass is 304 g/mol. The molecular formula is C15H10F6. The zero-order valence-electron chi connectivity index (χ0n) is 10.8. The molecule has 0 amide bonds. The predicted molar refractivity (Wildman–Crippen MR) is 66.6 cm³/mol. The molecule has 2 rings (SSSR count). The van der Waals surface area contributed by atoms with E-state index in [1.54, 1.807) is 0 Å². The van der Waals surface area contributed by atoms with Crippen LogP contribution in [0.1, 0.15) is 16.7 Å². The lowest BCUT2D eigenvalue weighted by atomic mass is 9.94. The molecule has 0 aliphatic rings. The molecule has 0 aliphatic heterocycles. The third kappa shape index (κ3) is 3.20. The van der Waals surface area contributed by atoms with Gasteiger partial charge in [-0.3, -0.25) is 0 Å². The molecular weight excluding hydrogens is 294 g/mol. The van der Waals surface area contributed by atoms with Crippen LogP contribution in [-0.4, -0.2) is 0 Å². The van der Waals surface area contributed by atoms with Crippen molar-refractivity contribution in [1.29, 1.82) is 0 Å². The summed E-state index contributed by atoms with van der Waals surface area (Å²) < 4.78 is 77.1. The number of halogens is 6. The SMILES string of the molecule is Cc1ccc(C(F)(F)F)cc1-c1ccccc1C(F)(F)F. The molecule has 0 fully saturated rings. The Morgan fingerprint density at radius 1 is 0.714 bits per heavy atom. The highest BCUT2D eigenvalue weighted by molar-refractivity contribution is 5.72. The van der Waals surface area contributed by atoms with Gasteiger partial charge in [-0.15, -0.1) is 0 Å². The van der Waals surface area contributed by atoms with Crippen LogP contribution in [0.25, 0.3) is 11.1 Å². The van der Waals surface area contributed by atoms with Gasteiger partial charge in [0.05, 0.1) is 11.1 Å². The molecule has 21 heavy (non-hydrogen) atoms. The largest absolute Gasteiger partial charge is 0.417 e. The van der Waals surface area contributed by atoms with Gasteiger partial charge in [0.25, 0.3) is 0 Å². The normalized spacial score (nSPS) is 12.5. The number of benzene rings is 2. The standard InChI is InChI=1S/C15H10F6/c1-9-6-7-10(14(16,17)18)8-12(9)11-4-2-3-5-13(11)15(19,20)21/h2-8H,1H3. The summed E-state index contributed by atoms with van der Waals surface area (Å²) in [5, 5.41) is 0. The summed E-state index contributed by atoms with van der Waals surface area (Å²) in [6.45, 7) is 1.47. The van der Waals surface area contributed by atoms with Crippen molar-refractivity contribution in [2.75, 3.05) is 0 Å². The van der Waals surface area contributed by atoms with E-state index < -0.39 is 23.5 Å². The lowest BCUT2D eigenvalue weighted by Crippen LogP contribution is -2.09. The van der Waals surface area contributed by atoms with E-state index in [1.807, 2.05) is 0 Å². The highest BCUT2D eigenvalue weighted by Gasteiger charge is 2.35. The summed E-state index contributed by atoms with van der Waals surface area (Å²) in [7, 11) is 0. The van der Waals surface area contributed by atoms with Crippen LogP contribution in [0.2, 0.25) is 0 Å². The number of rotatable bonds is 1. The van der Waals surface area contributed by atoms with E-state index in [1.165, 1.54) is 31.2 Å². The van der Waals surface area contributed by atoms with Crippen LogP contribution in [0.5, 0.6) is 0 Å². The van der Waals surface area contributed by atoms with Crippen molar-refractivity contribution in [3.8, 4) is 11.1 Å². The fourth-order valence-corrected chi connectivity index (χ4v) is 2.05. The van der Waals surface area contributed by atoms with Gasteiger partial charge >= 0.3 is 12.4 Å². The molecule has 0 saturated heterocycles. The van der Waals surface area contributed by atoms with Crippen molar-refractivity contribution in [1.82, 2.24) is 0 Å². The molecule has 0 N–H and O–H groups in total. The second kappa shape index (κ2) is 5.09. The van der Waals surface area contributed by atoms with Crippen LogP contribution in [0.15, 0.2) is 42.5 Å². The molecule has 112 valence electrons. The zero-order chi connectivity index (χ0) is 15.8. The van der Waals surface area contributed by atoms with Gasteiger partial charge in [0, 0.05) is 0 Å². The summed E-state index contributed by atoms with van der Waals surface area (Å²) in [4.78, 5) is 0. The van der Waals surface area contributed by atoms with Gasteiger partial charge < -0.3 is 0 Å². The molecule has 2 aromatic carbocycles. The first kappa shape index (κ1) is 15.4. The maximum Gasteiger partial charge on any atom is 0.417 e. The van der Waals surface area contributed by atoms with Crippen molar-refractivity contribution >= 4 is 0 Å². The van der Waals surface area contributed by atoms with Crippen molar-refractivity contribution in [3.05, 3.63) is 59.2 Å². The third-order valence-electron chi connectivity index (χ3n) is 3.09. The lowest BCUT2D eigenvalue weighted by molar-refractivity contribution is -0.137. The zero-order valence-corrected chi connectivity index (χ0v) is 10.8. The van der Waals surface area contributed by atoms with E-state index >= 15 is 0 Å². The van der Waals surface area contributed by atoms with Crippen molar-refractivity contribution in [2.24, 2.45) is 0 Å². The molecule has 0 aromatic heterocycles. The summed E-state index contributed by atoms with van der Waals surface area (Å²) >= 11 is 0. The van der Waals surface area contributed by atoms with Gasteiger partial charge in [-0.05, 0) is 41.8 Å². The smallest absolute Gasteiger partial charge is 0.166 e. The number of alkyl halides is 6. The van der Waals surface area contributed by atoms with Gasteiger partial charge in [0.1, 0.15) is 0 Å². The molecule has 0 unspecified atom stereocenters. The molecule has 0 heterocycles. The molecule has 2 aromatic rings. The number of hydrogen-bond acceptors (Lipinski definition) is 0. The predicted octanol–water partition coefficient (Wildman–Crippen LogP) is 5.70. The number of aryl methyl sites for hydroxylation is 1. The minimum atomic E-state index is -4.63. The Kier molecular flexibility index (Phi) is 3.74. The van der Waals surface area contributed by atoms with Crippen molar-refractivity contribution < 1.29 is 26.3 Å². The van der Waals surface area contributed by atoms with Crippen LogP contribution < -0.4 is 0 Å². The molecule has 0 aliphatic carbocycles. The Hall–Kier alpha value is -1.98. The second-order valence-electron chi connectivity index (χ2n) is 4.57. The molecule has 0 atom stereocenters. The first-order chi connectivity index (χ1) is 9.60. The average molecular weight is 304 g/mol. The highest BCUT2D eigenvalue weighted by atomic mass is 19.4. The van der Waals surface area contributed by atoms with Gasteiger partial charge in [-0.2, -0.15) is 26.3 Å². The number of hydrogen-bond donors (Lipinski definition) is 0. The van der Waals surface area contributed by atoms with Gasteiger partial charge in [0.15, 0.2) is 0 Å². The van der Waals surface area contributed by atoms with Gasteiger partial charge in [0.2, 0.25) is 0 Å². The van der Waals surface area contributed by atoms with Crippen LogP contribution in [-0.2, 0) is 12.4 Å². The van der Waals surface area contributed by atoms with Crippen LogP contribution in [0.4, 0.5) is 26.3 Å². The minimum Gasteiger partial charge on any atom is -0.166 e. The van der Waals surface area contributed by atoms with E-state index in [2.05, 4.69) is 0 Å². The van der Waals surface area contributed by atoms with Crippen LogP contribution in [0, 0.1) is 6.92 Å². The minimum absolute atomic E-state index is 0.0715. The summed E-state index contributed by atoms with van der Waals surface area (Å²) in [6, 6.07) is 7.38. The second-order valence-corrected chi connectivity index (χ2v) is 4.57. The average Bonchev–Trinajstić information content (AvgIpc) is 2.37. The van der Waals surface area contributed by atoms with Crippen LogP contribution in [0.3, 0.4) is 0 Å². The van der Waals surface area contributed by atoms with E-state index in [-0.39, 0.29) is 11.1 Å². The Balaban J connectivity index is 2.68.